The summed E-state index contributed by atoms with van der Waals surface area (Å²) in [6.07, 6.45) is 2.25. The molecule has 0 saturated heterocycles. The minimum absolute atomic E-state index is 1.08. The molecule has 0 unspecified atom stereocenters. The second kappa shape index (κ2) is 9.69. The van der Waals surface area contributed by atoms with Gasteiger partial charge in [-0.05, 0) is 0 Å². The molecule has 0 bridgehead atoms. The monoisotopic (exact) mass is 560 g/mol. The molecule has 0 heterocycles. The van der Waals surface area contributed by atoms with Gasteiger partial charge in [0.2, 0.25) is 0 Å². The van der Waals surface area contributed by atoms with Crippen LogP contribution in [0.25, 0.3) is 0 Å². The average Bonchev–Trinajstić information content (AvgIpc) is 2.75. The molecule has 0 atom stereocenters. The summed E-state index contributed by atoms with van der Waals surface area (Å²) in [5.74, 6) is 0. The van der Waals surface area contributed by atoms with Crippen LogP contribution in [-0.4, -0.2) is 18.4 Å². The second-order valence-electron chi connectivity index (χ2n) is 10.8. The van der Waals surface area contributed by atoms with Crippen LogP contribution in [0.1, 0.15) is 66.8 Å². The van der Waals surface area contributed by atoms with Crippen LogP contribution in [0.2, 0.25) is 4.44 Å². The number of allylic oxidation sites excluding steroid dienone is 1. The molecule has 0 aliphatic carbocycles. The van der Waals surface area contributed by atoms with Gasteiger partial charge in [0.05, 0.1) is 0 Å². The van der Waals surface area contributed by atoms with Gasteiger partial charge in [0, 0.05) is 0 Å². The quantitative estimate of drug-likeness (QED) is 0.232. The van der Waals surface area contributed by atoms with Crippen LogP contribution in [-0.2, 0) is 0 Å². The molecule has 0 amide bonds. The average molecular weight is 559 g/mol. The molecule has 34 heavy (non-hydrogen) atoms. The molecule has 1 heteroatoms. The van der Waals surface area contributed by atoms with Crippen molar-refractivity contribution >= 4 is 29.1 Å². The van der Waals surface area contributed by atoms with Crippen LogP contribution in [0.15, 0.2) is 30.9 Å². The topological polar surface area (TPSA) is 0 Å². The number of rotatable bonds is 5. The van der Waals surface area contributed by atoms with Gasteiger partial charge in [-0.1, -0.05) is 0 Å². The molecule has 3 aromatic rings. The van der Waals surface area contributed by atoms with E-state index in [1.165, 1.54) is 66.8 Å². The zero-order chi connectivity index (χ0) is 25.7. The van der Waals surface area contributed by atoms with Crippen molar-refractivity contribution in [3.05, 3.63) is 97.6 Å². The van der Waals surface area contributed by atoms with Gasteiger partial charge >= 0.3 is 214 Å². The molecule has 0 saturated carbocycles. The van der Waals surface area contributed by atoms with Crippen LogP contribution in [0.4, 0.5) is 0 Å². The third kappa shape index (κ3) is 4.00. The Morgan fingerprint density at radius 3 is 0.853 bits per heavy atom. The fourth-order valence-corrected chi connectivity index (χ4v) is 25.9. The zero-order valence-electron chi connectivity index (χ0n) is 23.7. The third-order valence-corrected chi connectivity index (χ3v) is 25.1. The molecule has 3 aromatic carbocycles. The number of aryl methyl sites for hydroxylation is 6. The van der Waals surface area contributed by atoms with Gasteiger partial charge in [0.1, 0.15) is 0 Å². The van der Waals surface area contributed by atoms with E-state index in [1.807, 2.05) is 0 Å². The number of hydrogen-bond donors (Lipinski definition) is 0. The Kier molecular flexibility index (Phi) is 7.63. The first-order chi connectivity index (χ1) is 15.8. The molecule has 0 N–H and O–H groups in total. The molecule has 0 radical (unpaired) electrons. The van der Waals surface area contributed by atoms with E-state index in [0.29, 0.717) is 0 Å². The van der Waals surface area contributed by atoms with Gasteiger partial charge < -0.3 is 0 Å². The van der Waals surface area contributed by atoms with Gasteiger partial charge in [-0.2, -0.15) is 0 Å². The van der Waals surface area contributed by atoms with E-state index < -0.39 is 18.4 Å². The minimum atomic E-state index is -3.62. The first-order valence-corrected chi connectivity index (χ1v) is 19.0. The van der Waals surface area contributed by atoms with Crippen LogP contribution in [0.3, 0.4) is 0 Å². The van der Waals surface area contributed by atoms with Gasteiger partial charge in [0.15, 0.2) is 0 Å². The standard InChI is InChI=1S/3C10H13.C3H5.Sn/c3*1-7-5-9(3)10(4)6-8(7)2;1-3-2;/h3*5H,1-4H3;3H,1-2H2;. The molecular weight excluding hydrogens is 515 g/mol. The maximum atomic E-state index is 4.39. The van der Waals surface area contributed by atoms with Gasteiger partial charge in [-0.25, -0.2) is 0 Å². The summed E-state index contributed by atoms with van der Waals surface area (Å²) >= 11 is -3.62. The molecule has 0 nitrogen and oxygen atoms in total. The summed E-state index contributed by atoms with van der Waals surface area (Å²) < 4.78 is 6.12. The van der Waals surface area contributed by atoms with E-state index in [0.717, 1.165) is 4.44 Å². The van der Waals surface area contributed by atoms with Crippen molar-refractivity contribution in [3.8, 4) is 0 Å². The van der Waals surface area contributed by atoms with Crippen molar-refractivity contribution < 1.29 is 0 Å². The Labute approximate surface area is 213 Å². The van der Waals surface area contributed by atoms with Gasteiger partial charge in [0.25, 0.3) is 0 Å². The molecule has 0 aliphatic rings. The fraction of sp³-hybridized carbons (Fsp3) is 0.394. The van der Waals surface area contributed by atoms with E-state index in [2.05, 4.69) is 114 Å². The van der Waals surface area contributed by atoms with Crippen LogP contribution < -0.4 is 10.7 Å². The Balaban J connectivity index is 2.81. The summed E-state index contributed by atoms with van der Waals surface area (Å²) in [5, 5.41) is 0. The van der Waals surface area contributed by atoms with E-state index in [9.17, 15) is 0 Å². The van der Waals surface area contributed by atoms with Crippen LogP contribution in [0.5, 0.6) is 0 Å². The normalized spacial score (nSPS) is 11.8. The predicted octanol–water partition coefficient (Wildman–Crippen LogP) is 7.04. The Bertz CT molecular complexity index is 1070. The first kappa shape index (κ1) is 26.8. The van der Waals surface area contributed by atoms with Crippen molar-refractivity contribution in [2.45, 2.75) is 87.5 Å². The van der Waals surface area contributed by atoms with E-state index in [4.69, 9.17) is 0 Å². The summed E-state index contributed by atoms with van der Waals surface area (Å²) in [4.78, 5) is 0. The van der Waals surface area contributed by atoms with Crippen molar-refractivity contribution in [2.24, 2.45) is 0 Å². The van der Waals surface area contributed by atoms with Crippen molar-refractivity contribution in [1.29, 1.82) is 0 Å². The van der Waals surface area contributed by atoms with Crippen LogP contribution in [0, 0.1) is 83.1 Å². The van der Waals surface area contributed by atoms with Gasteiger partial charge in [-0.15, -0.1) is 0 Å². The SMILES string of the molecule is C=C[CH2][Sn]([c]1c(C)c(C)cc(C)c1C)([c]1c(C)c(C)cc(C)c1C)[c]1c(C)c(C)cc(C)c1C. The van der Waals surface area contributed by atoms with Crippen LogP contribution >= 0.6 is 0 Å². The van der Waals surface area contributed by atoms with Crippen molar-refractivity contribution in [2.75, 3.05) is 0 Å². The Morgan fingerprint density at radius 2 is 0.676 bits per heavy atom. The van der Waals surface area contributed by atoms with E-state index in [-0.39, 0.29) is 0 Å². The molecule has 3 rings (SSSR count). The summed E-state index contributed by atoms with van der Waals surface area (Å²) in [5.41, 5.74) is 17.5. The predicted molar refractivity (Wildman–Crippen MR) is 156 cm³/mol. The fourth-order valence-electron chi connectivity index (χ4n) is 6.47. The van der Waals surface area contributed by atoms with Gasteiger partial charge in [-0.3, -0.25) is 0 Å². The second-order valence-corrected chi connectivity index (χ2v) is 21.4. The summed E-state index contributed by atoms with van der Waals surface area (Å²) in [6, 6.07) is 7.17. The summed E-state index contributed by atoms with van der Waals surface area (Å²) in [6.45, 7) is 32.5. The van der Waals surface area contributed by atoms with Crippen molar-refractivity contribution in [3.63, 3.8) is 0 Å². The molecule has 0 spiro atoms. The Morgan fingerprint density at radius 1 is 0.471 bits per heavy atom. The number of hydrogen-bond acceptors (Lipinski definition) is 0. The number of benzene rings is 3. The van der Waals surface area contributed by atoms with E-state index >= 15 is 0 Å². The molecule has 0 fully saturated rings. The van der Waals surface area contributed by atoms with E-state index in [1.54, 1.807) is 10.7 Å². The molecular formula is C33H44Sn. The zero-order valence-corrected chi connectivity index (χ0v) is 26.6. The maximum absolute atomic E-state index is 4.39. The first-order valence-electron chi connectivity index (χ1n) is 12.7. The Hall–Kier alpha value is -1.80. The molecule has 0 aromatic heterocycles. The summed E-state index contributed by atoms with van der Waals surface area (Å²) in [7, 11) is 0. The van der Waals surface area contributed by atoms with Crippen molar-refractivity contribution in [1.82, 2.24) is 0 Å². The molecule has 180 valence electrons. The third-order valence-electron chi connectivity index (χ3n) is 8.83. The molecule has 0 aliphatic heterocycles.